The highest BCUT2D eigenvalue weighted by Gasteiger charge is 2.20. The highest BCUT2D eigenvalue weighted by atomic mass is 15.1. The minimum absolute atomic E-state index is 1.11. The zero-order chi connectivity index (χ0) is 31.4. The average Bonchev–Trinajstić information content (AvgIpc) is 3.16. The molecule has 8 rings (SSSR count). The predicted octanol–water partition coefficient (Wildman–Crippen LogP) is 13.0. The van der Waals surface area contributed by atoms with Crippen LogP contribution in [0.1, 0.15) is 0 Å². The number of fused-ring (bicyclic) bond motifs is 1. The van der Waals surface area contributed by atoms with Crippen LogP contribution in [-0.4, -0.2) is 0 Å². The van der Waals surface area contributed by atoms with E-state index < -0.39 is 0 Å². The highest BCUT2D eigenvalue weighted by molar-refractivity contribution is 5.98. The van der Waals surface area contributed by atoms with E-state index >= 15 is 0 Å². The van der Waals surface area contributed by atoms with Crippen LogP contribution in [0.5, 0.6) is 0 Å². The zero-order valence-corrected chi connectivity index (χ0v) is 26.0. The summed E-state index contributed by atoms with van der Waals surface area (Å²) in [6.07, 6.45) is 0. The number of para-hydroxylation sites is 3. The van der Waals surface area contributed by atoms with Crippen LogP contribution in [0.3, 0.4) is 0 Å². The van der Waals surface area contributed by atoms with Crippen molar-refractivity contribution in [3.05, 3.63) is 200 Å². The second-order valence-corrected chi connectivity index (χ2v) is 11.8. The summed E-state index contributed by atoms with van der Waals surface area (Å²) < 4.78 is 0. The third-order valence-electron chi connectivity index (χ3n) is 8.88. The highest BCUT2D eigenvalue weighted by Crippen LogP contribution is 2.45. The normalized spacial score (nSPS) is 11.0. The lowest BCUT2D eigenvalue weighted by atomic mass is 9.94. The predicted molar refractivity (Wildman–Crippen MR) is 200 cm³/mol. The molecule has 1 heteroatoms. The topological polar surface area (TPSA) is 3.24 Å². The van der Waals surface area contributed by atoms with E-state index in [0.29, 0.717) is 0 Å². The van der Waals surface area contributed by atoms with E-state index in [4.69, 9.17) is 0 Å². The van der Waals surface area contributed by atoms with Crippen LogP contribution in [-0.2, 0) is 0 Å². The number of nitrogens with zero attached hydrogens (tertiary/aromatic N) is 1. The minimum Gasteiger partial charge on any atom is -0.309 e. The molecule has 0 amide bonds. The van der Waals surface area contributed by atoms with Gasteiger partial charge in [-0.3, -0.25) is 0 Å². The fourth-order valence-corrected chi connectivity index (χ4v) is 6.61. The van der Waals surface area contributed by atoms with Crippen LogP contribution in [0.25, 0.3) is 55.3 Å². The van der Waals surface area contributed by atoms with Crippen molar-refractivity contribution < 1.29 is 0 Å². The Balaban J connectivity index is 1.27. The quantitative estimate of drug-likeness (QED) is 0.176. The molecule has 0 aliphatic rings. The molecule has 0 saturated carbocycles. The van der Waals surface area contributed by atoms with Crippen molar-refractivity contribution in [3.8, 4) is 44.5 Å². The number of rotatable bonds is 7. The van der Waals surface area contributed by atoms with Gasteiger partial charge < -0.3 is 4.90 Å². The molecule has 0 bridgehead atoms. The van der Waals surface area contributed by atoms with Crippen molar-refractivity contribution >= 4 is 27.8 Å². The number of benzene rings is 8. The summed E-state index contributed by atoms with van der Waals surface area (Å²) in [7, 11) is 0. The van der Waals surface area contributed by atoms with E-state index in [1.807, 2.05) is 0 Å². The van der Waals surface area contributed by atoms with Crippen molar-refractivity contribution in [1.29, 1.82) is 0 Å². The molecule has 0 aliphatic carbocycles. The fourth-order valence-electron chi connectivity index (χ4n) is 6.61. The van der Waals surface area contributed by atoms with Crippen LogP contribution >= 0.6 is 0 Å². The maximum Gasteiger partial charge on any atom is 0.0540 e. The Kier molecular flexibility index (Phi) is 7.63. The Labute approximate surface area is 276 Å². The van der Waals surface area contributed by atoms with Gasteiger partial charge in [0.25, 0.3) is 0 Å². The molecule has 0 spiro atoms. The van der Waals surface area contributed by atoms with Crippen LogP contribution < -0.4 is 4.90 Å². The van der Waals surface area contributed by atoms with Gasteiger partial charge >= 0.3 is 0 Å². The van der Waals surface area contributed by atoms with E-state index in [9.17, 15) is 0 Å². The first kappa shape index (κ1) is 28.3. The molecular weight excluding hydrogens is 567 g/mol. The summed E-state index contributed by atoms with van der Waals surface area (Å²) in [4.78, 5) is 2.40. The Hall–Kier alpha value is -6.18. The van der Waals surface area contributed by atoms with Crippen LogP contribution in [0.4, 0.5) is 17.1 Å². The molecule has 0 saturated heterocycles. The molecule has 222 valence electrons. The molecule has 47 heavy (non-hydrogen) atoms. The Bertz CT molecular complexity index is 2280. The van der Waals surface area contributed by atoms with E-state index in [-0.39, 0.29) is 0 Å². The van der Waals surface area contributed by atoms with Crippen molar-refractivity contribution in [1.82, 2.24) is 0 Å². The molecular formula is C46H33N. The Morgan fingerprint density at radius 1 is 0.277 bits per heavy atom. The maximum absolute atomic E-state index is 2.40. The Morgan fingerprint density at radius 3 is 1.45 bits per heavy atom. The summed E-state index contributed by atoms with van der Waals surface area (Å²) in [5, 5.41) is 2.51. The van der Waals surface area contributed by atoms with Gasteiger partial charge in [0.1, 0.15) is 0 Å². The third-order valence-corrected chi connectivity index (χ3v) is 8.88. The molecule has 1 nitrogen and oxygen atoms in total. The second kappa shape index (κ2) is 12.7. The summed E-state index contributed by atoms with van der Waals surface area (Å²) in [5.41, 5.74) is 13.0. The molecule has 0 fully saturated rings. The molecule has 0 aliphatic heterocycles. The molecule has 8 aromatic carbocycles. The van der Waals surface area contributed by atoms with E-state index in [2.05, 4.69) is 205 Å². The summed E-state index contributed by atoms with van der Waals surface area (Å²) in [6.45, 7) is 0. The van der Waals surface area contributed by atoms with E-state index in [0.717, 1.165) is 17.1 Å². The summed E-state index contributed by atoms with van der Waals surface area (Å²) in [6, 6.07) is 71.8. The van der Waals surface area contributed by atoms with Gasteiger partial charge in [-0.2, -0.15) is 0 Å². The van der Waals surface area contributed by atoms with Gasteiger partial charge in [-0.05, 0) is 74.5 Å². The first-order valence-electron chi connectivity index (χ1n) is 16.1. The Morgan fingerprint density at radius 2 is 0.723 bits per heavy atom. The van der Waals surface area contributed by atoms with Crippen LogP contribution in [0, 0.1) is 0 Å². The van der Waals surface area contributed by atoms with Crippen LogP contribution in [0.15, 0.2) is 200 Å². The number of hydrogen-bond donors (Lipinski definition) is 0. The lowest BCUT2D eigenvalue weighted by Crippen LogP contribution is -2.12. The van der Waals surface area contributed by atoms with Crippen molar-refractivity contribution in [2.75, 3.05) is 4.90 Å². The maximum atomic E-state index is 2.40. The van der Waals surface area contributed by atoms with Crippen molar-refractivity contribution in [2.45, 2.75) is 0 Å². The van der Waals surface area contributed by atoms with Gasteiger partial charge in [0.2, 0.25) is 0 Å². The smallest absolute Gasteiger partial charge is 0.0540 e. The molecule has 8 aromatic rings. The van der Waals surface area contributed by atoms with Crippen LogP contribution in [0.2, 0.25) is 0 Å². The fraction of sp³-hybridized carbons (Fsp3) is 0. The van der Waals surface area contributed by atoms with Gasteiger partial charge in [-0.15, -0.1) is 0 Å². The number of hydrogen-bond acceptors (Lipinski definition) is 1. The molecule has 0 unspecified atom stereocenters. The largest absolute Gasteiger partial charge is 0.309 e. The van der Waals surface area contributed by atoms with E-state index in [1.54, 1.807) is 0 Å². The first-order chi connectivity index (χ1) is 23.3. The van der Waals surface area contributed by atoms with Crippen molar-refractivity contribution in [2.24, 2.45) is 0 Å². The lowest BCUT2D eigenvalue weighted by Gasteiger charge is -2.30. The third kappa shape index (κ3) is 5.60. The zero-order valence-electron chi connectivity index (χ0n) is 26.0. The van der Waals surface area contributed by atoms with Crippen molar-refractivity contribution in [3.63, 3.8) is 0 Å². The van der Waals surface area contributed by atoms with Gasteiger partial charge in [0.15, 0.2) is 0 Å². The number of anilines is 3. The second-order valence-electron chi connectivity index (χ2n) is 11.8. The first-order valence-corrected chi connectivity index (χ1v) is 16.1. The molecule has 0 aromatic heterocycles. The van der Waals surface area contributed by atoms with Gasteiger partial charge in [0, 0.05) is 16.8 Å². The molecule has 0 radical (unpaired) electrons. The summed E-state index contributed by atoms with van der Waals surface area (Å²) in [5.74, 6) is 0. The minimum atomic E-state index is 1.11. The average molecular weight is 600 g/mol. The molecule has 0 heterocycles. The summed E-state index contributed by atoms with van der Waals surface area (Å²) >= 11 is 0. The van der Waals surface area contributed by atoms with E-state index in [1.165, 1.54) is 55.3 Å². The van der Waals surface area contributed by atoms with Gasteiger partial charge in [0.05, 0.1) is 11.4 Å². The van der Waals surface area contributed by atoms with Gasteiger partial charge in [-0.25, -0.2) is 0 Å². The molecule has 0 atom stereocenters. The standard InChI is InChI=1S/C46H33N/c1-3-15-34(16-4-1)35-29-31-37(32-30-35)43-24-9-11-27-45(43)47(40-21-5-2-6-22-40)46-28-12-10-25-44(46)39-20-13-19-38(33-39)42-26-14-18-36-17-7-8-23-41(36)42/h1-33H. The molecule has 0 N–H and O–H groups in total. The SMILES string of the molecule is c1ccc(-c2ccc(-c3ccccc3N(c3ccccc3)c3ccccc3-c3cccc(-c4cccc5ccccc45)c3)cc2)cc1. The lowest BCUT2D eigenvalue weighted by molar-refractivity contribution is 1.28. The van der Waals surface area contributed by atoms with Gasteiger partial charge in [-0.1, -0.05) is 170 Å². The monoisotopic (exact) mass is 599 g/mol.